The van der Waals surface area contributed by atoms with Gasteiger partial charge < -0.3 is 9.26 Å². The Labute approximate surface area is 115 Å². The molecule has 106 valence electrons. The maximum Gasteiger partial charge on any atom is 0.128 e. The zero-order valence-corrected chi connectivity index (χ0v) is 11.8. The number of aryl methyl sites for hydroxylation is 1. The van der Waals surface area contributed by atoms with Gasteiger partial charge in [-0.3, -0.25) is 4.90 Å². The van der Waals surface area contributed by atoms with Crippen LogP contribution in [0.4, 0.5) is 0 Å². The van der Waals surface area contributed by atoms with Crippen LogP contribution in [0.1, 0.15) is 49.8 Å². The van der Waals surface area contributed by atoms with Crippen molar-refractivity contribution in [2.45, 2.75) is 64.1 Å². The quantitative estimate of drug-likeness (QED) is 0.819. The predicted octanol–water partition coefficient (Wildman–Crippen LogP) is 2.91. The van der Waals surface area contributed by atoms with Crippen LogP contribution in [0.5, 0.6) is 0 Å². The molecule has 0 radical (unpaired) electrons. The number of ether oxygens (including phenoxy) is 1. The second-order valence-electron chi connectivity index (χ2n) is 5.93. The first-order chi connectivity index (χ1) is 9.33. The maximum atomic E-state index is 5.81. The fourth-order valence-corrected chi connectivity index (χ4v) is 3.35. The van der Waals surface area contributed by atoms with Crippen LogP contribution < -0.4 is 0 Å². The van der Waals surface area contributed by atoms with Gasteiger partial charge in [0.05, 0.1) is 11.8 Å². The van der Waals surface area contributed by atoms with Gasteiger partial charge in [-0.15, -0.1) is 0 Å². The van der Waals surface area contributed by atoms with Crippen LogP contribution in [-0.2, 0) is 11.3 Å². The van der Waals surface area contributed by atoms with Crippen molar-refractivity contribution in [1.82, 2.24) is 10.1 Å². The lowest BCUT2D eigenvalue weighted by atomic mass is 10.1. The van der Waals surface area contributed by atoms with Gasteiger partial charge >= 0.3 is 0 Å². The predicted molar refractivity (Wildman–Crippen MR) is 72.9 cm³/mol. The van der Waals surface area contributed by atoms with E-state index in [4.69, 9.17) is 9.26 Å². The lowest BCUT2D eigenvalue weighted by molar-refractivity contribution is 0.0540. The van der Waals surface area contributed by atoms with E-state index in [0.29, 0.717) is 6.10 Å². The number of hydrogen-bond acceptors (Lipinski definition) is 4. The van der Waals surface area contributed by atoms with Gasteiger partial charge in [0.25, 0.3) is 0 Å². The smallest absolute Gasteiger partial charge is 0.128 e. The normalized spacial score (nSPS) is 24.6. The molecule has 2 aliphatic rings. The van der Waals surface area contributed by atoms with E-state index >= 15 is 0 Å². The first-order valence-corrected chi connectivity index (χ1v) is 7.58. The highest BCUT2D eigenvalue weighted by atomic mass is 16.5. The van der Waals surface area contributed by atoms with Gasteiger partial charge in [0.1, 0.15) is 6.26 Å². The Balaban J connectivity index is 1.66. The third-order valence-electron chi connectivity index (χ3n) is 4.53. The number of nitrogens with zero attached hydrogens (tertiary/aromatic N) is 2. The zero-order chi connectivity index (χ0) is 13.1. The van der Waals surface area contributed by atoms with Gasteiger partial charge in [0, 0.05) is 31.3 Å². The summed E-state index contributed by atoms with van der Waals surface area (Å²) in [6.07, 6.45) is 10.1. The van der Waals surface area contributed by atoms with E-state index in [1.165, 1.54) is 44.1 Å². The van der Waals surface area contributed by atoms with Crippen molar-refractivity contribution in [3.8, 4) is 0 Å². The Morgan fingerprint density at radius 3 is 2.74 bits per heavy atom. The molecular formula is C15H24N2O2. The summed E-state index contributed by atoms with van der Waals surface area (Å²) in [6.45, 7) is 4.99. The molecule has 4 nitrogen and oxygen atoms in total. The first kappa shape index (κ1) is 13.1. The SMILES string of the molecule is Cc1nocc1CN(CC1CCCO1)C1CCCC1. The van der Waals surface area contributed by atoms with Crippen molar-refractivity contribution in [2.24, 2.45) is 0 Å². The summed E-state index contributed by atoms with van der Waals surface area (Å²) in [7, 11) is 0. The van der Waals surface area contributed by atoms with Crippen molar-refractivity contribution in [2.75, 3.05) is 13.2 Å². The Bertz CT molecular complexity index is 393. The van der Waals surface area contributed by atoms with E-state index < -0.39 is 0 Å². The Morgan fingerprint density at radius 2 is 2.11 bits per heavy atom. The van der Waals surface area contributed by atoms with Gasteiger partial charge in [-0.05, 0) is 32.6 Å². The van der Waals surface area contributed by atoms with E-state index in [2.05, 4.69) is 10.1 Å². The summed E-state index contributed by atoms with van der Waals surface area (Å²) < 4.78 is 10.9. The summed E-state index contributed by atoms with van der Waals surface area (Å²) in [6, 6.07) is 0.721. The number of aromatic nitrogens is 1. The number of rotatable bonds is 5. The summed E-state index contributed by atoms with van der Waals surface area (Å²) >= 11 is 0. The molecule has 2 fully saturated rings. The second-order valence-corrected chi connectivity index (χ2v) is 5.93. The Hall–Kier alpha value is -0.870. The molecule has 1 aliphatic carbocycles. The lowest BCUT2D eigenvalue weighted by Gasteiger charge is -2.30. The van der Waals surface area contributed by atoms with Crippen LogP contribution in [0.2, 0.25) is 0 Å². The molecule has 1 aliphatic heterocycles. The van der Waals surface area contributed by atoms with Crippen LogP contribution in [0.15, 0.2) is 10.8 Å². The van der Waals surface area contributed by atoms with E-state index in [1.807, 2.05) is 6.92 Å². The van der Waals surface area contributed by atoms with Gasteiger partial charge in [0.15, 0.2) is 0 Å². The van der Waals surface area contributed by atoms with Gasteiger partial charge in [0.2, 0.25) is 0 Å². The Morgan fingerprint density at radius 1 is 1.26 bits per heavy atom. The molecule has 19 heavy (non-hydrogen) atoms. The van der Waals surface area contributed by atoms with E-state index in [-0.39, 0.29) is 0 Å². The molecule has 1 saturated carbocycles. The Kier molecular flexibility index (Phi) is 4.18. The van der Waals surface area contributed by atoms with Crippen molar-refractivity contribution < 1.29 is 9.26 Å². The first-order valence-electron chi connectivity index (χ1n) is 7.58. The third kappa shape index (κ3) is 3.18. The molecule has 0 bridgehead atoms. The van der Waals surface area contributed by atoms with E-state index in [9.17, 15) is 0 Å². The fraction of sp³-hybridized carbons (Fsp3) is 0.800. The maximum absolute atomic E-state index is 5.81. The average molecular weight is 264 g/mol. The summed E-state index contributed by atoms with van der Waals surface area (Å²) in [5, 5.41) is 4.00. The minimum atomic E-state index is 0.431. The zero-order valence-electron chi connectivity index (χ0n) is 11.8. The van der Waals surface area contributed by atoms with Crippen LogP contribution in [0.3, 0.4) is 0 Å². The molecule has 1 atom stereocenters. The van der Waals surface area contributed by atoms with Crippen molar-refractivity contribution >= 4 is 0 Å². The topological polar surface area (TPSA) is 38.5 Å². The van der Waals surface area contributed by atoms with Gasteiger partial charge in [-0.1, -0.05) is 18.0 Å². The molecule has 1 aromatic rings. The molecule has 1 saturated heterocycles. The van der Waals surface area contributed by atoms with Crippen LogP contribution in [0.25, 0.3) is 0 Å². The van der Waals surface area contributed by atoms with Crippen LogP contribution in [0, 0.1) is 6.92 Å². The lowest BCUT2D eigenvalue weighted by Crippen LogP contribution is -2.38. The third-order valence-corrected chi connectivity index (χ3v) is 4.53. The van der Waals surface area contributed by atoms with Crippen molar-refractivity contribution in [1.29, 1.82) is 0 Å². The highest BCUT2D eigenvalue weighted by molar-refractivity contribution is 5.12. The molecule has 1 aromatic heterocycles. The molecule has 0 N–H and O–H groups in total. The molecule has 4 heteroatoms. The van der Waals surface area contributed by atoms with Gasteiger partial charge in [-0.2, -0.15) is 0 Å². The highest BCUT2D eigenvalue weighted by Crippen LogP contribution is 2.27. The van der Waals surface area contributed by atoms with Crippen molar-refractivity contribution in [3.05, 3.63) is 17.5 Å². The number of hydrogen-bond donors (Lipinski definition) is 0. The summed E-state index contributed by atoms with van der Waals surface area (Å²) in [5.74, 6) is 0. The molecule has 0 spiro atoms. The minimum Gasteiger partial charge on any atom is -0.377 e. The standard InChI is InChI=1S/C15H24N2O2/c1-12-13(11-19-16-12)9-17(14-5-2-3-6-14)10-15-7-4-8-18-15/h11,14-15H,2-10H2,1H3. The molecule has 3 rings (SSSR count). The molecule has 2 heterocycles. The minimum absolute atomic E-state index is 0.431. The highest BCUT2D eigenvalue weighted by Gasteiger charge is 2.27. The molecular weight excluding hydrogens is 240 g/mol. The monoisotopic (exact) mass is 264 g/mol. The molecule has 0 amide bonds. The molecule has 1 unspecified atom stereocenters. The van der Waals surface area contributed by atoms with Crippen molar-refractivity contribution in [3.63, 3.8) is 0 Å². The van der Waals surface area contributed by atoms with Gasteiger partial charge in [-0.25, -0.2) is 0 Å². The van der Waals surface area contributed by atoms with E-state index in [0.717, 1.165) is 31.4 Å². The summed E-state index contributed by atoms with van der Waals surface area (Å²) in [5.41, 5.74) is 2.25. The molecule has 0 aromatic carbocycles. The van der Waals surface area contributed by atoms with Crippen LogP contribution in [-0.4, -0.2) is 35.4 Å². The van der Waals surface area contributed by atoms with E-state index in [1.54, 1.807) is 6.26 Å². The second kappa shape index (κ2) is 6.06. The largest absolute Gasteiger partial charge is 0.377 e. The van der Waals surface area contributed by atoms with Crippen LogP contribution >= 0.6 is 0 Å². The average Bonchev–Trinajstić information content (AvgIpc) is 3.11. The fourth-order valence-electron chi connectivity index (χ4n) is 3.35. The summed E-state index contributed by atoms with van der Waals surface area (Å²) in [4.78, 5) is 2.60.